The van der Waals surface area contributed by atoms with Crippen molar-refractivity contribution in [3.8, 4) is 0 Å². The van der Waals surface area contributed by atoms with Gasteiger partial charge in [-0.25, -0.2) is 14.4 Å². The smallest absolute Gasteiger partial charge is 0.248 e. The van der Waals surface area contributed by atoms with Crippen LogP contribution in [0, 0.1) is 5.82 Å². The fourth-order valence-corrected chi connectivity index (χ4v) is 3.89. The van der Waals surface area contributed by atoms with E-state index in [4.69, 9.17) is 21.1 Å². The summed E-state index contributed by atoms with van der Waals surface area (Å²) in [6, 6.07) is 6.10. The van der Waals surface area contributed by atoms with Gasteiger partial charge in [0.2, 0.25) is 5.91 Å². The van der Waals surface area contributed by atoms with Crippen molar-refractivity contribution in [3.63, 3.8) is 0 Å². The molecule has 0 saturated heterocycles. The van der Waals surface area contributed by atoms with Gasteiger partial charge in [0.1, 0.15) is 22.8 Å². The maximum atomic E-state index is 13.4. The number of amides is 1. The van der Waals surface area contributed by atoms with E-state index in [1.165, 1.54) is 35.9 Å². The minimum absolute atomic E-state index is 0.0102. The topological polar surface area (TPSA) is 88.6 Å². The van der Waals surface area contributed by atoms with Crippen LogP contribution in [-0.4, -0.2) is 61.4 Å². The van der Waals surface area contributed by atoms with E-state index in [1.54, 1.807) is 32.4 Å². The maximum absolute atomic E-state index is 13.4. The van der Waals surface area contributed by atoms with Crippen molar-refractivity contribution in [1.29, 1.82) is 0 Å². The van der Waals surface area contributed by atoms with Crippen molar-refractivity contribution in [2.75, 3.05) is 45.0 Å². The summed E-state index contributed by atoms with van der Waals surface area (Å²) in [6.45, 7) is 1.13. The van der Waals surface area contributed by atoms with Crippen LogP contribution >= 0.6 is 22.9 Å². The summed E-state index contributed by atoms with van der Waals surface area (Å²) < 4.78 is 23.7. The van der Waals surface area contributed by atoms with E-state index in [0.29, 0.717) is 34.4 Å². The first kappa shape index (κ1) is 24.0. The minimum Gasteiger partial charge on any atom is -0.355 e. The van der Waals surface area contributed by atoms with E-state index in [2.05, 4.69) is 20.6 Å². The Balaban J connectivity index is 1.63. The lowest BCUT2D eigenvalue weighted by molar-refractivity contribution is -0.112. The number of hydrogen-bond acceptors (Lipinski definition) is 8. The summed E-state index contributed by atoms with van der Waals surface area (Å²) in [5.74, 6) is -0.229. The molecule has 1 aromatic carbocycles. The number of carbonyl (C=O) groups is 1. The van der Waals surface area contributed by atoms with Gasteiger partial charge in [-0.15, -0.1) is 0 Å². The molecule has 3 aromatic rings. The number of carbonyl (C=O) groups excluding carboxylic acids is 1. The highest BCUT2D eigenvalue weighted by Gasteiger charge is 2.12. The van der Waals surface area contributed by atoms with Crippen LogP contribution in [0.4, 0.5) is 20.9 Å². The van der Waals surface area contributed by atoms with Gasteiger partial charge in [0.25, 0.3) is 0 Å². The predicted octanol–water partition coefficient (Wildman–Crippen LogP) is 4.27. The Morgan fingerprint density at radius 3 is 2.81 bits per heavy atom. The van der Waals surface area contributed by atoms with Crippen molar-refractivity contribution in [2.24, 2.45) is 0 Å². The second-order valence-electron chi connectivity index (χ2n) is 6.82. The van der Waals surface area contributed by atoms with Crippen LogP contribution < -0.4 is 10.6 Å². The van der Waals surface area contributed by atoms with Crippen LogP contribution in [0.1, 0.15) is 0 Å². The van der Waals surface area contributed by atoms with Crippen LogP contribution in [0.2, 0.25) is 5.02 Å². The number of nitrogens with one attached hydrogen (secondary N) is 2. The second-order valence-corrected chi connectivity index (χ2v) is 8.26. The van der Waals surface area contributed by atoms with E-state index in [9.17, 15) is 9.18 Å². The number of likely N-dealkylation sites (N-methyl/N-ethyl adjacent to an activating group) is 1. The van der Waals surface area contributed by atoms with E-state index in [1.807, 2.05) is 11.9 Å². The summed E-state index contributed by atoms with van der Waals surface area (Å²) in [4.78, 5) is 23.5. The fraction of sp³-hybridized carbons (Fsp3) is 0.286. The number of benzene rings is 1. The van der Waals surface area contributed by atoms with Crippen molar-refractivity contribution >= 4 is 55.6 Å². The zero-order valence-corrected chi connectivity index (χ0v) is 19.3. The zero-order chi connectivity index (χ0) is 23.1. The van der Waals surface area contributed by atoms with Gasteiger partial charge in [-0.2, -0.15) is 0 Å². The molecule has 170 valence electrons. The molecule has 0 aliphatic rings. The highest BCUT2D eigenvalue weighted by Crippen LogP contribution is 2.33. The summed E-state index contributed by atoms with van der Waals surface area (Å²) in [5, 5.41) is 7.30. The molecule has 0 unspecified atom stereocenters. The highest BCUT2D eigenvalue weighted by molar-refractivity contribution is 7.22. The molecule has 0 aliphatic heterocycles. The minimum atomic E-state index is -0.498. The van der Waals surface area contributed by atoms with E-state index in [-0.39, 0.29) is 17.2 Å². The molecule has 0 atom stereocenters. The molecule has 0 aliphatic carbocycles. The molecule has 2 N–H and O–H groups in total. The Bertz CT molecular complexity index is 1110. The SMILES string of the molecule is COC(CN(C)C/C=C/C(=O)Nc1cc2c(Nc3ccc(F)c(Cl)c3)ncnc2s1)OC. The molecule has 1 amide bonds. The largest absolute Gasteiger partial charge is 0.355 e. The number of nitrogens with zero attached hydrogens (tertiary/aromatic N) is 3. The standard InChI is InChI=1S/C21H23ClFN5O3S/c1-28(11-19(30-2)31-3)8-4-5-17(29)27-18-10-14-20(24-12-25-21(14)32-18)26-13-6-7-16(23)15(22)9-13/h4-7,9-10,12,19H,8,11H2,1-3H3,(H,27,29)(H,24,25,26)/b5-4+. The van der Waals surface area contributed by atoms with Crippen molar-refractivity contribution < 1.29 is 18.7 Å². The number of hydrogen-bond donors (Lipinski definition) is 2. The average molecular weight is 480 g/mol. The van der Waals surface area contributed by atoms with Crippen molar-refractivity contribution in [3.05, 3.63) is 53.6 Å². The number of aromatic nitrogens is 2. The predicted molar refractivity (Wildman–Crippen MR) is 125 cm³/mol. The molecule has 32 heavy (non-hydrogen) atoms. The van der Waals surface area contributed by atoms with Crippen LogP contribution in [-0.2, 0) is 14.3 Å². The quantitative estimate of drug-likeness (QED) is 0.331. The fourth-order valence-electron chi connectivity index (χ4n) is 2.80. The number of halogens is 2. The van der Waals surface area contributed by atoms with Crippen LogP contribution in [0.25, 0.3) is 10.2 Å². The van der Waals surface area contributed by atoms with Crippen molar-refractivity contribution in [1.82, 2.24) is 14.9 Å². The first-order chi connectivity index (χ1) is 15.4. The number of methoxy groups -OCH3 is 2. The number of fused-ring (bicyclic) bond motifs is 1. The Labute approximate surface area is 194 Å². The van der Waals surface area contributed by atoms with Gasteiger partial charge < -0.3 is 20.1 Å². The van der Waals surface area contributed by atoms with E-state index in [0.717, 1.165) is 5.39 Å². The molecular formula is C21H23ClFN5O3S. The molecule has 0 spiro atoms. The molecule has 8 nitrogen and oxygen atoms in total. The average Bonchev–Trinajstić information content (AvgIpc) is 3.18. The highest BCUT2D eigenvalue weighted by atomic mass is 35.5. The lowest BCUT2D eigenvalue weighted by Crippen LogP contribution is -2.31. The van der Waals surface area contributed by atoms with Crippen LogP contribution in [0.5, 0.6) is 0 Å². The molecular weight excluding hydrogens is 457 g/mol. The van der Waals surface area contributed by atoms with Gasteiger partial charge in [0.15, 0.2) is 6.29 Å². The molecule has 2 aromatic heterocycles. The van der Waals surface area contributed by atoms with E-state index >= 15 is 0 Å². The molecule has 2 heterocycles. The van der Waals surface area contributed by atoms with Crippen LogP contribution in [0.15, 0.2) is 42.7 Å². The van der Waals surface area contributed by atoms with Crippen molar-refractivity contribution in [2.45, 2.75) is 6.29 Å². The summed E-state index contributed by atoms with van der Waals surface area (Å²) >= 11 is 7.17. The second kappa shape index (κ2) is 11.3. The molecule has 3 rings (SSSR count). The Morgan fingerprint density at radius 2 is 2.09 bits per heavy atom. The molecule has 0 saturated carbocycles. The Morgan fingerprint density at radius 1 is 1.31 bits per heavy atom. The van der Waals surface area contributed by atoms with Crippen LogP contribution in [0.3, 0.4) is 0 Å². The molecule has 11 heteroatoms. The van der Waals surface area contributed by atoms with E-state index < -0.39 is 5.82 Å². The first-order valence-corrected chi connectivity index (χ1v) is 10.8. The maximum Gasteiger partial charge on any atom is 0.248 e. The lowest BCUT2D eigenvalue weighted by Gasteiger charge is -2.20. The zero-order valence-electron chi connectivity index (χ0n) is 17.8. The first-order valence-electron chi connectivity index (χ1n) is 9.58. The molecule has 0 fully saturated rings. The van der Waals surface area contributed by atoms with Gasteiger partial charge in [0.05, 0.1) is 15.4 Å². The third-order valence-electron chi connectivity index (χ3n) is 4.43. The van der Waals surface area contributed by atoms with Gasteiger partial charge >= 0.3 is 0 Å². The summed E-state index contributed by atoms with van der Waals surface area (Å²) in [7, 11) is 5.06. The number of thiophene rings is 1. The van der Waals surface area contributed by atoms with Gasteiger partial charge in [0, 0.05) is 39.1 Å². The number of rotatable bonds is 10. The summed E-state index contributed by atoms with van der Waals surface area (Å²) in [6.07, 6.45) is 4.33. The molecule has 0 bridgehead atoms. The Hall–Kier alpha value is -2.63. The van der Waals surface area contributed by atoms with Gasteiger partial charge in [-0.05, 0) is 31.3 Å². The monoisotopic (exact) mass is 479 g/mol. The third kappa shape index (κ3) is 6.44. The van der Waals surface area contributed by atoms with Gasteiger partial charge in [-0.1, -0.05) is 29.0 Å². The van der Waals surface area contributed by atoms with Gasteiger partial charge in [-0.3, -0.25) is 9.69 Å². The number of anilines is 3. The molecule has 0 radical (unpaired) electrons. The number of ether oxygens (including phenoxy) is 2. The normalized spacial score (nSPS) is 11.7. The lowest BCUT2D eigenvalue weighted by atomic mass is 10.3. The summed E-state index contributed by atoms with van der Waals surface area (Å²) in [5.41, 5.74) is 0.587. The third-order valence-corrected chi connectivity index (χ3v) is 5.68. The Kier molecular flexibility index (Phi) is 8.48.